The second-order valence-electron chi connectivity index (χ2n) is 9.41. The normalized spacial score (nSPS) is 24.5. The van der Waals surface area contributed by atoms with E-state index in [1.54, 1.807) is 0 Å². The summed E-state index contributed by atoms with van der Waals surface area (Å²) in [5, 5.41) is 5.43. The highest BCUT2D eigenvalue weighted by Gasteiger charge is 2.42. The summed E-state index contributed by atoms with van der Waals surface area (Å²) in [7, 11) is -2.37. The van der Waals surface area contributed by atoms with Crippen molar-refractivity contribution >= 4 is 29.5 Å². The van der Waals surface area contributed by atoms with Crippen molar-refractivity contribution in [3.63, 3.8) is 0 Å². The summed E-state index contributed by atoms with van der Waals surface area (Å²) in [6.07, 6.45) is 4.15. The van der Waals surface area contributed by atoms with Crippen molar-refractivity contribution in [2.45, 2.75) is 52.7 Å². The first-order valence-electron chi connectivity index (χ1n) is 11.2. The molecule has 4 atom stereocenters. The van der Waals surface area contributed by atoms with Crippen LogP contribution >= 0.6 is 0 Å². The van der Waals surface area contributed by atoms with Crippen molar-refractivity contribution in [2.24, 2.45) is 17.8 Å². The minimum absolute atomic E-state index is 0.342. The van der Waals surface area contributed by atoms with Crippen LogP contribution in [0, 0.1) is 17.8 Å². The van der Waals surface area contributed by atoms with E-state index in [9.17, 15) is 0 Å². The lowest BCUT2D eigenvalue weighted by molar-refractivity contribution is 0.0431. The molecule has 2 heteroatoms. The molecule has 0 radical (unpaired) electrons. The van der Waals surface area contributed by atoms with Gasteiger partial charge in [0.05, 0.1) is 0 Å². The summed E-state index contributed by atoms with van der Waals surface area (Å²) in [4.78, 5) is 0. The van der Waals surface area contributed by atoms with E-state index in [2.05, 4.69) is 100 Å². The zero-order chi connectivity index (χ0) is 20.4. The Bertz CT molecular complexity index is 946. The Morgan fingerprint density at radius 3 is 2.31 bits per heavy atom. The number of rotatable bonds is 5. The predicted octanol–water partition coefficient (Wildman–Crippen LogP) is 6.01. The van der Waals surface area contributed by atoms with E-state index >= 15 is 0 Å². The summed E-state index contributed by atoms with van der Waals surface area (Å²) in [6.45, 7) is 9.56. The SMILES string of the molecule is CC(C)[C@H]1CC[C@@H](C)C[C@H]1O[Si](C)(c1ccccc1)c1cccc2ccccc12. The summed E-state index contributed by atoms with van der Waals surface area (Å²) >= 11 is 0. The van der Waals surface area contributed by atoms with Gasteiger partial charge >= 0.3 is 0 Å². The molecule has 0 aliphatic heterocycles. The fraction of sp³-hybridized carbons (Fsp3) is 0.407. The third-order valence-electron chi connectivity index (χ3n) is 6.98. The molecule has 0 amide bonds. The Balaban J connectivity index is 1.84. The van der Waals surface area contributed by atoms with Gasteiger partial charge in [-0.2, -0.15) is 0 Å². The molecule has 0 aromatic heterocycles. The first-order valence-corrected chi connectivity index (χ1v) is 13.6. The van der Waals surface area contributed by atoms with Crippen molar-refractivity contribution in [3.8, 4) is 0 Å². The van der Waals surface area contributed by atoms with Crippen LogP contribution in [-0.4, -0.2) is 14.4 Å². The van der Waals surface area contributed by atoms with Crippen LogP contribution < -0.4 is 10.4 Å². The van der Waals surface area contributed by atoms with E-state index in [0.29, 0.717) is 17.9 Å². The number of fused-ring (bicyclic) bond motifs is 1. The summed E-state index contributed by atoms with van der Waals surface area (Å²) < 4.78 is 7.34. The van der Waals surface area contributed by atoms with E-state index < -0.39 is 8.32 Å². The molecule has 152 valence electrons. The van der Waals surface area contributed by atoms with Crippen LogP contribution in [0.1, 0.15) is 40.0 Å². The molecule has 0 bridgehead atoms. The molecule has 0 heterocycles. The van der Waals surface area contributed by atoms with Gasteiger partial charge in [0, 0.05) is 6.10 Å². The van der Waals surface area contributed by atoms with Crippen molar-refractivity contribution in [1.82, 2.24) is 0 Å². The van der Waals surface area contributed by atoms with E-state index in [0.717, 1.165) is 5.92 Å². The lowest BCUT2D eigenvalue weighted by Gasteiger charge is -2.42. The highest BCUT2D eigenvalue weighted by Crippen LogP contribution is 2.37. The molecule has 1 aliphatic carbocycles. The summed E-state index contributed by atoms with van der Waals surface area (Å²) in [5.74, 6) is 2.06. The quantitative estimate of drug-likeness (QED) is 0.475. The molecule has 1 aliphatic rings. The van der Waals surface area contributed by atoms with Crippen LogP contribution in [0.15, 0.2) is 72.8 Å². The largest absolute Gasteiger partial charge is 0.405 e. The minimum Gasteiger partial charge on any atom is -0.405 e. The average Bonchev–Trinajstić information content (AvgIpc) is 2.73. The van der Waals surface area contributed by atoms with Crippen LogP contribution in [0.4, 0.5) is 0 Å². The van der Waals surface area contributed by atoms with Gasteiger partial charge in [0.2, 0.25) is 0 Å². The van der Waals surface area contributed by atoms with Crippen molar-refractivity contribution in [2.75, 3.05) is 0 Å². The Kier molecular flexibility index (Phi) is 5.94. The molecule has 3 aromatic carbocycles. The monoisotopic (exact) mass is 402 g/mol. The third-order valence-corrected chi connectivity index (χ3v) is 10.6. The predicted molar refractivity (Wildman–Crippen MR) is 127 cm³/mol. The van der Waals surface area contributed by atoms with Gasteiger partial charge in [0.25, 0.3) is 8.32 Å². The molecule has 0 N–H and O–H groups in total. The first kappa shape index (κ1) is 20.4. The maximum atomic E-state index is 7.34. The smallest absolute Gasteiger partial charge is 0.253 e. The van der Waals surface area contributed by atoms with Gasteiger partial charge in [-0.1, -0.05) is 100.0 Å². The second-order valence-corrected chi connectivity index (χ2v) is 12.8. The Morgan fingerprint density at radius 2 is 1.55 bits per heavy atom. The first-order chi connectivity index (χ1) is 14.0. The number of hydrogen-bond donors (Lipinski definition) is 0. The molecule has 1 nitrogen and oxygen atoms in total. The molecule has 3 aromatic rings. The zero-order valence-corrected chi connectivity index (χ0v) is 19.3. The molecule has 1 saturated carbocycles. The second kappa shape index (κ2) is 8.45. The van der Waals surface area contributed by atoms with E-state index in [-0.39, 0.29) is 0 Å². The van der Waals surface area contributed by atoms with Crippen molar-refractivity contribution in [3.05, 3.63) is 72.8 Å². The molecule has 0 saturated heterocycles. The summed E-state index contributed by atoms with van der Waals surface area (Å²) in [5.41, 5.74) is 0. The highest BCUT2D eigenvalue weighted by molar-refractivity contribution is 6.98. The summed E-state index contributed by atoms with van der Waals surface area (Å²) in [6, 6.07) is 26.5. The zero-order valence-electron chi connectivity index (χ0n) is 18.3. The van der Waals surface area contributed by atoms with E-state index in [4.69, 9.17) is 4.43 Å². The average molecular weight is 403 g/mol. The fourth-order valence-electron chi connectivity index (χ4n) is 5.24. The molecule has 0 spiro atoms. The van der Waals surface area contributed by atoms with Gasteiger partial charge in [-0.3, -0.25) is 0 Å². The van der Waals surface area contributed by atoms with Crippen LogP contribution in [0.3, 0.4) is 0 Å². The molecule has 1 fully saturated rings. The maximum absolute atomic E-state index is 7.34. The molecular weight excluding hydrogens is 368 g/mol. The maximum Gasteiger partial charge on any atom is 0.253 e. The lowest BCUT2D eigenvalue weighted by Crippen LogP contribution is -2.61. The van der Waals surface area contributed by atoms with Crippen molar-refractivity contribution < 1.29 is 4.43 Å². The van der Waals surface area contributed by atoms with E-state index in [1.807, 2.05) is 0 Å². The Morgan fingerprint density at radius 1 is 0.862 bits per heavy atom. The molecule has 29 heavy (non-hydrogen) atoms. The molecule has 4 rings (SSSR count). The van der Waals surface area contributed by atoms with Gasteiger partial charge in [-0.15, -0.1) is 0 Å². The van der Waals surface area contributed by atoms with E-state index in [1.165, 1.54) is 40.4 Å². The minimum atomic E-state index is -2.37. The highest BCUT2D eigenvalue weighted by atomic mass is 28.4. The van der Waals surface area contributed by atoms with Gasteiger partial charge < -0.3 is 4.43 Å². The number of hydrogen-bond acceptors (Lipinski definition) is 1. The number of benzene rings is 3. The van der Waals surface area contributed by atoms with Gasteiger partial charge in [0.1, 0.15) is 0 Å². The van der Waals surface area contributed by atoms with Crippen LogP contribution in [-0.2, 0) is 4.43 Å². The standard InChI is InChI=1S/C27H34OSi/c1-20(2)24-18-17-21(3)19-26(24)28-29(4,23-13-6-5-7-14-23)27-16-10-12-22-11-8-9-15-25(22)27/h5-16,20-21,24,26H,17-19H2,1-4H3/t21-,24-,26-,29?/m1/s1. The van der Waals surface area contributed by atoms with Gasteiger partial charge in [-0.05, 0) is 58.3 Å². The fourth-order valence-corrected chi connectivity index (χ4v) is 8.67. The van der Waals surface area contributed by atoms with Crippen LogP contribution in [0.2, 0.25) is 6.55 Å². The topological polar surface area (TPSA) is 9.23 Å². The van der Waals surface area contributed by atoms with Crippen LogP contribution in [0.5, 0.6) is 0 Å². The Labute approximate surface area is 177 Å². The lowest BCUT2D eigenvalue weighted by atomic mass is 9.75. The Hall–Kier alpha value is -1.90. The third kappa shape index (κ3) is 4.06. The van der Waals surface area contributed by atoms with Gasteiger partial charge in [0.15, 0.2) is 0 Å². The van der Waals surface area contributed by atoms with Crippen LogP contribution in [0.25, 0.3) is 10.8 Å². The molecule has 1 unspecified atom stereocenters. The van der Waals surface area contributed by atoms with Gasteiger partial charge in [-0.25, -0.2) is 0 Å². The molecular formula is C27H34OSi. The van der Waals surface area contributed by atoms with Crippen molar-refractivity contribution in [1.29, 1.82) is 0 Å².